The predicted octanol–water partition coefficient (Wildman–Crippen LogP) is 2.40. The largest absolute Gasteiger partial charge is 0.377 e. The van der Waals surface area contributed by atoms with E-state index in [1.807, 2.05) is 35.2 Å². The Hall–Kier alpha value is -0.520. The number of ether oxygens (including phenoxy) is 1. The van der Waals surface area contributed by atoms with Crippen molar-refractivity contribution in [2.45, 2.75) is 10.9 Å². The second-order valence-corrected chi connectivity index (χ2v) is 5.77. The number of thioether (sulfide) groups is 1. The highest BCUT2D eigenvalue weighted by Gasteiger charge is 2.26. The number of alkyl halides is 1. The van der Waals surface area contributed by atoms with Crippen LogP contribution < -0.4 is 0 Å². The van der Waals surface area contributed by atoms with Crippen LogP contribution in [0.5, 0.6) is 0 Å². The Morgan fingerprint density at radius 3 is 2.94 bits per heavy atom. The molecule has 1 aromatic carbocycles. The minimum atomic E-state index is 0.169. The molecule has 1 unspecified atom stereocenters. The van der Waals surface area contributed by atoms with Crippen LogP contribution in [-0.2, 0) is 9.53 Å². The van der Waals surface area contributed by atoms with Gasteiger partial charge < -0.3 is 9.64 Å². The number of carbonyl (C=O) groups is 1. The second kappa shape index (κ2) is 7.16. The summed E-state index contributed by atoms with van der Waals surface area (Å²) in [5, 5.41) is 0.773. The Balaban J connectivity index is 1.87. The van der Waals surface area contributed by atoms with Gasteiger partial charge in [-0.3, -0.25) is 4.79 Å². The van der Waals surface area contributed by atoms with Gasteiger partial charge in [0.1, 0.15) is 0 Å². The maximum Gasteiger partial charge on any atom is 0.233 e. The van der Waals surface area contributed by atoms with Crippen molar-refractivity contribution in [3.05, 3.63) is 30.3 Å². The lowest BCUT2D eigenvalue weighted by Crippen LogP contribution is -2.50. The zero-order valence-corrected chi connectivity index (χ0v) is 12.5. The number of morpholine rings is 1. The molecule has 1 amide bonds. The SMILES string of the molecule is O=C(CSc1ccccc1)N1CCOCC1CBr. The molecule has 0 bridgehead atoms. The number of nitrogens with zero attached hydrogens (tertiary/aromatic N) is 1. The van der Waals surface area contributed by atoms with Crippen molar-refractivity contribution < 1.29 is 9.53 Å². The lowest BCUT2D eigenvalue weighted by molar-refractivity contribution is -0.135. The number of halogens is 1. The zero-order valence-electron chi connectivity index (χ0n) is 10.0. The number of benzene rings is 1. The third-order valence-corrected chi connectivity index (χ3v) is 4.58. The summed E-state index contributed by atoms with van der Waals surface area (Å²) in [5.74, 6) is 0.685. The minimum Gasteiger partial charge on any atom is -0.377 e. The lowest BCUT2D eigenvalue weighted by atomic mass is 10.2. The number of hydrogen-bond acceptors (Lipinski definition) is 3. The van der Waals surface area contributed by atoms with Crippen LogP contribution in [0.25, 0.3) is 0 Å². The van der Waals surface area contributed by atoms with Gasteiger partial charge in [0, 0.05) is 16.8 Å². The summed E-state index contributed by atoms with van der Waals surface area (Å²) in [7, 11) is 0. The van der Waals surface area contributed by atoms with Crippen molar-refractivity contribution in [2.75, 3.05) is 30.8 Å². The van der Waals surface area contributed by atoms with Crippen LogP contribution in [0.15, 0.2) is 35.2 Å². The van der Waals surface area contributed by atoms with Crippen molar-refractivity contribution in [3.63, 3.8) is 0 Å². The Labute approximate surface area is 120 Å². The van der Waals surface area contributed by atoms with Gasteiger partial charge in [-0.15, -0.1) is 11.8 Å². The van der Waals surface area contributed by atoms with E-state index in [1.165, 1.54) is 0 Å². The molecule has 1 aliphatic heterocycles. The molecule has 0 aromatic heterocycles. The van der Waals surface area contributed by atoms with Gasteiger partial charge in [-0.1, -0.05) is 34.1 Å². The van der Waals surface area contributed by atoms with E-state index in [9.17, 15) is 4.79 Å². The van der Waals surface area contributed by atoms with Crippen molar-refractivity contribution in [1.82, 2.24) is 4.90 Å². The topological polar surface area (TPSA) is 29.5 Å². The Morgan fingerprint density at radius 2 is 2.22 bits per heavy atom. The zero-order chi connectivity index (χ0) is 12.8. The lowest BCUT2D eigenvalue weighted by Gasteiger charge is -2.34. The van der Waals surface area contributed by atoms with Gasteiger partial charge >= 0.3 is 0 Å². The van der Waals surface area contributed by atoms with E-state index in [1.54, 1.807) is 11.8 Å². The second-order valence-electron chi connectivity index (χ2n) is 4.07. The first-order valence-corrected chi connectivity index (χ1v) is 8.03. The van der Waals surface area contributed by atoms with Gasteiger partial charge in [0.2, 0.25) is 5.91 Å². The fourth-order valence-electron chi connectivity index (χ4n) is 1.86. The molecule has 1 saturated heterocycles. The fourth-order valence-corrected chi connectivity index (χ4v) is 3.20. The molecule has 0 radical (unpaired) electrons. The molecule has 0 N–H and O–H groups in total. The van der Waals surface area contributed by atoms with E-state index in [-0.39, 0.29) is 11.9 Å². The van der Waals surface area contributed by atoms with Crippen LogP contribution in [0.2, 0.25) is 0 Å². The standard InChI is InChI=1S/C13H16BrNO2S/c14-8-11-9-17-7-6-15(11)13(16)10-18-12-4-2-1-3-5-12/h1-5,11H,6-10H2. The van der Waals surface area contributed by atoms with Crippen LogP contribution in [0, 0.1) is 0 Å². The van der Waals surface area contributed by atoms with E-state index >= 15 is 0 Å². The average Bonchev–Trinajstić information content (AvgIpc) is 2.45. The van der Waals surface area contributed by atoms with Crippen molar-refractivity contribution in [2.24, 2.45) is 0 Å². The first-order chi connectivity index (χ1) is 8.81. The van der Waals surface area contributed by atoms with Gasteiger partial charge in [-0.2, -0.15) is 0 Å². The van der Waals surface area contributed by atoms with Gasteiger partial charge in [0.15, 0.2) is 0 Å². The summed E-state index contributed by atoms with van der Waals surface area (Å²) in [6, 6.07) is 10.2. The fraction of sp³-hybridized carbons (Fsp3) is 0.462. The highest BCUT2D eigenvalue weighted by atomic mass is 79.9. The third kappa shape index (κ3) is 3.73. The molecule has 98 valence electrons. The highest BCUT2D eigenvalue weighted by molar-refractivity contribution is 9.09. The van der Waals surface area contributed by atoms with Crippen LogP contribution in [0.4, 0.5) is 0 Å². The summed E-state index contributed by atoms with van der Waals surface area (Å²) in [6.07, 6.45) is 0. The molecule has 3 nitrogen and oxygen atoms in total. The van der Waals surface area contributed by atoms with Crippen molar-refractivity contribution in [1.29, 1.82) is 0 Å². The first-order valence-electron chi connectivity index (χ1n) is 5.92. The first kappa shape index (κ1) is 13.9. The molecular weight excluding hydrogens is 314 g/mol. The predicted molar refractivity (Wildman–Crippen MR) is 77.3 cm³/mol. The summed E-state index contributed by atoms with van der Waals surface area (Å²) in [6.45, 7) is 1.97. The summed E-state index contributed by atoms with van der Waals surface area (Å²) in [4.78, 5) is 15.2. The van der Waals surface area contributed by atoms with E-state index < -0.39 is 0 Å². The van der Waals surface area contributed by atoms with Gasteiger partial charge in [-0.25, -0.2) is 0 Å². The molecule has 2 rings (SSSR count). The molecule has 0 saturated carbocycles. The monoisotopic (exact) mass is 329 g/mol. The van der Waals surface area contributed by atoms with Crippen LogP contribution in [0.1, 0.15) is 0 Å². The quantitative estimate of drug-likeness (QED) is 0.627. The number of hydrogen-bond donors (Lipinski definition) is 0. The molecule has 1 aromatic rings. The normalized spacial score (nSPS) is 19.8. The van der Waals surface area contributed by atoms with Gasteiger partial charge in [0.25, 0.3) is 0 Å². The third-order valence-electron chi connectivity index (χ3n) is 2.83. The minimum absolute atomic E-state index is 0.169. The van der Waals surface area contributed by atoms with E-state index in [0.717, 1.165) is 10.2 Å². The maximum atomic E-state index is 12.2. The van der Waals surface area contributed by atoms with E-state index in [2.05, 4.69) is 15.9 Å². The molecule has 0 aliphatic carbocycles. The van der Waals surface area contributed by atoms with Crippen LogP contribution in [-0.4, -0.2) is 47.7 Å². The number of rotatable bonds is 4. The summed E-state index contributed by atoms with van der Waals surface area (Å²) in [5.41, 5.74) is 0. The Bertz CT molecular complexity index is 388. The highest BCUT2D eigenvalue weighted by Crippen LogP contribution is 2.19. The molecule has 1 aliphatic rings. The van der Waals surface area contributed by atoms with Crippen LogP contribution in [0.3, 0.4) is 0 Å². The molecule has 1 atom stereocenters. The van der Waals surface area contributed by atoms with Crippen LogP contribution >= 0.6 is 27.7 Å². The van der Waals surface area contributed by atoms with Gasteiger partial charge in [0.05, 0.1) is 25.0 Å². The Morgan fingerprint density at radius 1 is 1.44 bits per heavy atom. The molecule has 0 spiro atoms. The number of amides is 1. The Kier molecular flexibility index (Phi) is 5.53. The summed E-state index contributed by atoms with van der Waals surface area (Å²) >= 11 is 5.02. The van der Waals surface area contributed by atoms with E-state index in [4.69, 9.17) is 4.74 Å². The molecule has 5 heteroatoms. The maximum absolute atomic E-state index is 12.2. The van der Waals surface area contributed by atoms with E-state index in [0.29, 0.717) is 25.5 Å². The smallest absolute Gasteiger partial charge is 0.233 e. The van der Waals surface area contributed by atoms with Crippen molar-refractivity contribution >= 4 is 33.6 Å². The summed E-state index contributed by atoms with van der Waals surface area (Å²) < 4.78 is 5.39. The number of carbonyl (C=O) groups excluding carboxylic acids is 1. The molecule has 1 heterocycles. The average molecular weight is 330 g/mol. The van der Waals surface area contributed by atoms with Crippen molar-refractivity contribution in [3.8, 4) is 0 Å². The van der Waals surface area contributed by atoms with Gasteiger partial charge in [-0.05, 0) is 12.1 Å². The molecule has 1 fully saturated rings. The molecular formula is C13H16BrNO2S. The molecule has 18 heavy (non-hydrogen) atoms.